The second-order valence-electron chi connectivity index (χ2n) is 8.89. The molecular weight excluding hydrogens is 504 g/mol. The second kappa shape index (κ2) is 10.4. The third kappa shape index (κ3) is 5.38. The van der Waals surface area contributed by atoms with E-state index in [1.807, 2.05) is 71.3 Å². The SMILES string of the molecule is Cc1ccc(-n2c(SCC(=O)N(c3ccccc3)[C@@H]3C=CS(=O)(=O)C3)nnc2-c2ccccc2)cc1C. The van der Waals surface area contributed by atoms with Crippen LogP contribution in [0.2, 0.25) is 0 Å². The lowest BCUT2D eigenvalue weighted by molar-refractivity contribution is -0.116. The van der Waals surface area contributed by atoms with Gasteiger partial charge in [-0.3, -0.25) is 9.36 Å². The Morgan fingerprint density at radius 3 is 2.32 bits per heavy atom. The highest BCUT2D eigenvalue weighted by Crippen LogP contribution is 2.30. The maximum atomic E-state index is 13.6. The van der Waals surface area contributed by atoms with Crippen LogP contribution in [-0.4, -0.2) is 46.6 Å². The Morgan fingerprint density at radius 2 is 1.68 bits per heavy atom. The van der Waals surface area contributed by atoms with Gasteiger partial charge in [0.2, 0.25) is 5.91 Å². The van der Waals surface area contributed by atoms with Crippen molar-refractivity contribution < 1.29 is 13.2 Å². The lowest BCUT2D eigenvalue weighted by Gasteiger charge is -2.27. The van der Waals surface area contributed by atoms with Crippen LogP contribution in [0.15, 0.2) is 95.5 Å². The quantitative estimate of drug-likeness (QED) is 0.313. The van der Waals surface area contributed by atoms with Crippen LogP contribution in [0.4, 0.5) is 5.69 Å². The fourth-order valence-corrected chi connectivity index (χ4v) is 6.34. The van der Waals surface area contributed by atoms with Crippen molar-refractivity contribution in [2.24, 2.45) is 0 Å². The van der Waals surface area contributed by atoms with E-state index in [1.165, 1.54) is 22.7 Å². The highest BCUT2D eigenvalue weighted by atomic mass is 32.2. The van der Waals surface area contributed by atoms with Gasteiger partial charge in [0.25, 0.3) is 0 Å². The third-order valence-electron chi connectivity index (χ3n) is 6.28. The lowest BCUT2D eigenvalue weighted by Crippen LogP contribution is -2.42. The molecule has 7 nitrogen and oxygen atoms in total. The zero-order valence-electron chi connectivity index (χ0n) is 20.5. The van der Waals surface area contributed by atoms with E-state index in [9.17, 15) is 13.2 Å². The fourth-order valence-electron chi connectivity index (χ4n) is 4.26. The van der Waals surface area contributed by atoms with Crippen molar-refractivity contribution in [2.45, 2.75) is 25.0 Å². The van der Waals surface area contributed by atoms with E-state index in [2.05, 4.69) is 36.2 Å². The van der Waals surface area contributed by atoms with Gasteiger partial charge >= 0.3 is 0 Å². The minimum atomic E-state index is -3.33. The van der Waals surface area contributed by atoms with E-state index in [0.29, 0.717) is 16.7 Å². The molecule has 188 valence electrons. The van der Waals surface area contributed by atoms with Gasteiger partial charge in [0.1, 0.15) is 0 Å². The van der Waals surface area contributed by atoms with Crippen molar-refractivity contribution in [1.82, 2.24) is 14.8 Å². The fraction of sp³-hybridized carbons (Fsp3) is 0.179. The highest BCUT2D eigenvalue weighted by molar-refractivity contribution is 7.99. The van der Waals surface area contributed by atoms with Crippen molar-refractivity contribution in [3.05, 3.63) is 101 Å². The van der Waals surface area contributed by atoms with E-state index in [-0.39, 0.29) is 17.4 Å². The largest absolute Gasteiger partial charge is 0.304 e. The van der Waals surface area contributed by atoms with Crippen LogP contribution in [0, 0.1) is 13.8 Å². The molecule has 1 aromatic heterocycles. The van der Waals surface area contributed by atoms with Gasteiger partial charge in [-0.25, -0.2) is 8.42 Å². The number of rotatable bonds is 7. The summed E-state index contributed by atoms with van der Waals surface area (Å²) in [4.78, 5) is 15.1. The smallest absolute Gasteiger partial charge is 0.238 e. The van der Waals surface area contributed by atoms with E-state index in [1.54, 1.807) is 11.0 Å². The second-order valence-corrected chi connectivity index (χ2v) is 11.8. The van der Waals surface area contributed by atoms with Gasteiger partial charge in [0, 0.05) is 16.7 Å². The number of aryl methyl sites for hydroxylation is 2. The lowest BCUT2D eigenvalue weighted by atomic mass is 10.1. The number of carbonyl (C=O) groups is 1. The van der Waals surface area contributed by atoms with E-state index in [4.69, 9.17) is 0 Å². The van der Waals surface area contributed by atoms with E-state index in [0.717, 1.165) is 16.8 Å². The van der Waals surface area contributed by atoms with Crippen molar-refractivity contribution in [3.63, 3.8) is 0 Å². The van der Waals surface area contributed by atoms with Crippen LogP contribution in [0.5, 0.6) is 0 Å². The summed E-state index contributed by atoms with van der Waals surface area (Å²) in [6.07, 6.45) is 1.58. The summed E-state index contributed by atoms with van der Waals surface area (Å²) in [7, 11) is -3.33. The molecule has 0 N–H and O–H groups in total. The van der Waals surface area contributed by atoms with Crippen LogP contribution in [0.25, 0.3) is 17.1 Å². The first-order valence-corrected chi connectivity index (χ1v) is 14.5. The predicted molar refractivity (Wildman–Crippen MR) is 148 cm³/mol. The molecule has 5 rings (SSSR count). The molecule has 0 bridgehead atoms. The summed E-state index contributed by atoms with van der Waals surface area (Å²) < 4.78 is 26.2. The van der Waals surface area contributed by atoms with Gasteiger partial charge in [0.05, 0.1) is 23.2 Å². The molecule has 1 amide bonds. The number of nitrogens with zero attached hydrogens (tertiary/aromatic N) is 4. The maximum Gasteiger partial charge on any atom is 0.238 e. The number of hydrogen-bond donors (Lipinski definition) is 0. The molecule has 0 spiro atoms. The van der Waals surface area contributed by atoms with Crippen molar-refractivity contribution >= 4 is 33.2 Å². The summed E-state index contributed by atoms with van der Waals surface area (Å²) in [6.45, 7) is 4.12. The Kier molecular flexibility index (Phi) is 6.99. The normalized spacial score (nSPS) is 16.1. The first-order valence-electron chi connectivity index (χ1n) is 11.8. The van der Waals surface area contributed by atoms with Crippen LogP contribution < -0.4 is 4.90 Å². The third-order valence-corrected chi connectivity index (χ3v) is 8.58. The summed E-state index contributed by atoms with van der Waals surface area (Å²) in [6, 6.07) is 24.6. The summed E-state index contributed by atoms with van der Waals surface area (Å²) in [5.74, 6) is 0.411. The molecule has 0 unspecified atom stereocenters. The topological polar surface area (TPSA) is 85.2 Å². The standard InChI is InChI=1S/C28H26N4O3S2/c1-20-13-14-24(17-21(20)2)32-27(22-9-5-3-6-10-22)29-30-28(32)36-18-26(33)31(23-11-7-4-8-12-23)25-15-16-37(34,35)19-25/h3-17,25H,18-19H2,1-2H3/t25-/m1/s1. The zero-order valence-corrected chi connectivity index (χ0v) is 22.1. The Morgan fingerprint density at radius 1 is 0.973 bits per heavy atom. The van der Waals surface area contributed by atoms with Crippen molar-refractivity contribution in [1.29, 1.82) is 0 Å². The van der Waals surface area contributed by atoms with E-state index < -0.39 is 15.9 Å². The summed E-state index contributed by atoms with van der Waals surface area (Å²) >= 11 is 1.28. The van der Waals surface area contributed by atoms with Gasteiger partial charge in [-0.15, -0.1) is 10.2 Å². The predicted octanol–water partition coefficient (Wildman–Crippen LogP) is 4.99. The molecular formula is C28H26N4O3S2. The minimum Gasteiger partial charge on any atom is -0.304 e. The highest BCUT2D eigenvalue weighted by Gasteiger charge is 2.31. The average Bonchev–Trinajstić information content (AvgIpc) is 3.48. The summed E-state index contributed by atoms with van der Waals surface area (Å²) in [5.41, 5.74) is 4.80. The number of aromatic nitrogens is 3. The van der Waals surface area contributed by atoms with Gasteiger partial charge < -0.3 is 4.90 Å². The van der Waals surface area contributed by atoms with Crippen LogP contribution in [0.3, 0.4) is 0 Å². The molecule has 4 aromatic rings. The van der Waals surface area contributed by atoms with Crippen LogP contribution in [-0.2, 0) is 14.6 Å². The number of hydrogen-bond acceptors (Lipinski definition) is 6. The molecule has 1 aliphatic rings. The Balaban J connectivity index is 1.47. The molecule has 1 atom stereocenters. The van der Waals surface area contributed by atoms with Gasteiger partial charge in [-0.05, 0) is 55.3 Å². The maximum absolute atomic E-state index is 13.6. The van der Waals surface area contributed by atoms with Gasteiger partial charge in [0.15, 0.2) is 20.8 Å². The molecule has 0 radical (unpaired) electrons. The van der Waals surface area contributed by atoms with E-state index >= 15 is 0 Å². The first-order chi connectivity index (χ1) is 17.8. The average molecular weight is 531 g/mol. The Labute approximate surface area is 220 Å². The number of para-hydroxylation sites is 1. The van der Waals surface area contributed by atoms with Crippen molar-refractivity contribution in [3.8, 4) is 17.1 Å². The minimum absolute atomic E-state index is 0.0665. The monoisotopic (exact) mass is 530 g/mol. The number of sulfone groups is 1. The molecule has 0 saturated heterocycles. The number of anilines is 1. The molecule has 9 heteroatoms. The molecule has 0 aliphatic carbocycles. The first kappa shape index (κ1) is 25.0. The number of carbonyl (C=O) groups excluding carboxylic acids is 1. The molecule has 37 heavy (non-hydrogen) atoms. The molecule has 3 aromatic carbocycles. The van der Waals surface area contributed by atoms with Crippen molar-refractivity contribution in [2.75, 3.05) is 16.4 Å². The summed E-state index contributed by atoms with van der Waals surface area (Å²) in [5, 5.41) is 10.7. The van der Waals surface area contributed by atoms with Crippen LogP contribution >= 0.6 is 11.8 Å². The van der Waals surface area contributed by atoms with Gasteiger partial charge in [-0.2, -0.15) is 0 Å². The molecule has 0 saturated carbocycles. The van der Waals surface area contributed by atoms with Crippen LogP contribution in [0.1, 0.15) is 11.1 Å². The number of benzene rings is 3. The Bertz CT molecular complexity index is 1570. The molecule has 2 heterocycles. The number of thioether (sulfide) groups is 1. The van der Waals surface area contributed by atoms with Gasteiger partial charge in [-0.1, -0.05) is 66.4 Å². The molecule has 0 fully saturated rings. The number of amides is 1. The molecule has 1 aliphatic heterocycles. The zero-order chi connectivity index (χ0) is 26.0. The Hall–Kier alpha value is -3.69.